The smallest absolute Gasteiger partial charge is 0.243 e. The lowest BCUT2D eigenvalue weighted by atomic mass is 10.3. The molecule has 0 fully saturated rings. The topological polar surface area (TPSA) is 71.3 Å². The number of carbonyl (C=O) groups is 1. The van der Waals surface area contributed by atoms with Gasteiger partial charge in [-0.15, -0.1) is 5.10 Å². The van der Waals surface area contributed by atoms with Crippen LogP contribution in [0.1, 0.15) is 20.8 Å². The second-order valence-electron chi connectivity index (χ2n) is 4.61. The van der Waals surface area contributed by atoms with Crippen molar-refractivity contribution in [3.63, 3.8) is 0 Å². The first-order chi connectivity index (χ1) is 8.95. The van der Waals surface area contributed by atoms with Crippen LogP contribution in [0.4, 0.5) is 5.95 Å². The van der Waals surface area contributed by atoms with Crippen LogP contribution < -0.4 is 10.6 Å². The molecular weight excluding hydrogens is 310 g/mol. The molecule has 2 aromatic rings. The summed E-state index contributed by atoms with van der Waals surface area (Å²) in [6.07, 6.45) is 1.81. The van der Waals surface area contributed by atoms with E-state index in [1.54, 1.807) is 11.4 Å². The van der Waals surface area contributed by atoms with Crippen molar-refractivity contribution in [2.24, 2.45) is 0 Å². The number of aromatic nitrogens is 3. The Labute approximate surface area is 119 Å². The van der Waals surface area contributed by atoms with Gasteiger partial charge in [0, 0.05) is 16.7 Å². The Kier molecular flexibility index (Phi) is 4.04. The van der Waals surface area contributed by atoms with E-state index in [0.717, 1.165) is 10.1 Å². The molecule has 7 heteroatoms. The third kappa shape index (κ3) is 3.44. The normalized spacial score (nSPS) is 12.7. The fourth-order valence-corrected chi connectivity index (χ4v) is 1.91. The summed E-state index contributed by atoms with van der Waals surface area (Å²) in [5, 5.41) is 10.1. The van der Waals surface area contributed by atoms with Crippen LogP contribution in [-0.2, 0) is 4.79 Å². The van der Waals surface area contributed by atoms with E-state index in [4.69, 9.17) is 0 Å². The maximum Gasteiger partial charge on any atom is 0.243 e. The average molecular weight is 326 g/mol. The maximum absolute atomic E-state index is 11.8. The molecule has 2 heterocycles. The Morgan fingerprint density at radius 2 is 2.11 bits per heavy atom. The van der Waals surface area contributed by atoms with Crippen LogP contribution in [0.15, 0.2) is 22.8 Å². The van der Waals surface area contributed by atoms with Crippen molar-refractivity contribution in [2.75, 3.05) is 5.32 Å². The number of hydrogen-bond acceptors (Lipinski definition) is 4. The minimum absolute atomic E-state index is 0.0740. The molecule has 1 amide bonds. The molecule has 2 N–H and O–H groups in total. The minimum atomic E-state index is -0.386. The number of amides is 1. The standard InChI is InChI=1S/C12H16BrN5O/c1-7(2)14-11(19)8(3)15-12-16-10-5-4-9(13)6-18(10)17-12/h4-8H,1-3H3,(H,14,19)(H,15,17). The average Bonchev–Trinajstić information content (AvgIpc) is 2.69. The molecule has 0 aliphatic carbocycles. The number of hydrogen-bond donors (Lipinski definition) is 2. The van der Waals surface area contributed by atoms with Crippen molar-refractivity contribution >= 4 is 33.4 Å². The highest BCUT2D eigenvalue weighted by Gasteiger charge is 2.15. The van der Waals surface area contributed by atoms with Gasteiger partial charge in [0.25, 0.3) is 0 Å². The van der Waals surface area contributed by atoms with Gasteiger partial charge in [-0.25, -0.2) is 4.52 Å². The van der Waals surface area contributed by atoms with Crippen LogP contribution >= 0.6 is 15.9 Å². The third-order valence-corrected chi connectivity index (χ3v) is 2.93. The molecule has 1 atom stereocenters. The Hall–Kier alpha value is -1.63. The highest BCUT2D eigenvalue weighted by atomic mass is 79.9. The summed E-state index contributed by atoms with van der Waals surface area (Å²) in [5.74, 6) is 0.361. The van der Waals surface area contributed by atoms with E-state index < -0.39 is 0 Å². The highest BCUT2D eigenvalue weighted by molar-refractivity contribution is 9.10. The van der Waals surface area contributed by atoms with E-state index in [1.165, 1.54) is 0 Å². The molecule has 2 aromatic heterocycles. The van der Waals surface area contributed by atoms with Crippen LogP contribution in [0.3, 0.4) is 0 Å². The molecule has 0 aromatic carbocycles. The molecule has 0 spiro atoms. The lowest BCUT2D eigenvalue weighted by molar-refractivity contribution is -0.122. The molecule has 6 nitrogen and oxygen atoms in total. The molecule has 0 bridgehead atoms. The third-order valence-electron chi connectivity index (χ3n) is 2.46. The predicted octanol–water partition coefficient (Wildman–Crippen LogP) is 1.82. The number of fused-ring (bicyclic) bond motifs is 1. The van der Waals surface area contributed by atoms with Crippen molar-refractivity contribution in [2.45, 2.75) is 32.9 Å². The fourth-order valence-electron chi connectivity index (χ4n) is 1.59. The zero-order valence-corrected chi connectivity index (χ0v) is 12.6. The van der Waals surface area contributed by atoms with Crippen molar-refractivity contribution in [1.82, 2.24) is 19.9 Å². The monoisotopic (exact) mass is 325 g/mol. The summed E-state index contributed by atoms with van der Waals surface area (Å²) < 4.78 is 2.57. The number of anilines is 1. The molecule has 0 aliphatic heterocycles. The van der Waals surface area contributed by atoms with Gasteiger partial charge < -0.3 is 10.6 Å². The molecule has 0 aliphatic rings. The molecule has 2 rings (SSSR count). The SMILES string of the molecule is CC(C)NC(=O)C(C)Nc1nc2ccc(Br)cn2n1. The molecule has 0 saturated heterocycles. The number of nitrogens with one attached hydrogen (secondary N) is 2. The Bertz CT molecular complexity index is 595. The fraction of sp³-hybridized carbons (Fsp3) is 0.417. The number of halogens is 1. The zero-order valence-electron chi connectivity index (χ0n) is 11.0. The summed E-state index contributed by atoms with van der Waals surface area (Å²) in [7, 11) is 0. The van der Waals surface area contributed by atoms with Crippen molar-refractivity contribution < 1.29 is 4.79 Å². The van der Waals surface area contributed by atoms with Gasteiger partial charge in [-0.05, 0) is 48.8 Å². The Balaban J connectivity index is 2.10. The van der Waals surface area contributed by atoms with E-state index in [1.807, 2.05) is 32.2 Å². The number of pyridine rings is 1. The first kappa shape index (κ1) is 13.8. The van der Waals surface area contributed by atoms with Crippen LogP contribution in [0.2, 0.25) is 0 Å². The lowest BCUT2D eigenvalue weighted by Gasteiger charge is -2.14. The van der Waals surface area contributed by atoms with E-state index >= 15 is 0 Å². The summed E-state index contributed by atoms with van der Waals surface area (Å²) in [4.78, 5) is 16.1. The number of carbonyl (C=O) groups excluding carboxylic acids is 1. The van der Waals surface area contributed by atoms with Gasteiger partial charge in [0.1, 0.15) is 6.04 Å². The first-order valence-corrected chi connectivity index (χ1v) is 6.84. The van der Waals surface area contributed by atoms with E-state index in [-0.39, 0.29) is 18.0 Å². The quantitative estimate of drug-likeness (QED) is 0.899. The van der Waals surface area contributed by atoms with E-state index in [0.29, 0.717) is 5.95 Å². The second kappa shape index (κ2) is 5.56. The van der Waals surface area contributed by atoms with E-state index in [2.05, 4.69) is 36.6 Å². The van der Waals surface area contributed by atoms with Crippen LogP contribution in [0.5, 0.6) is 0 Å². The Morgan fingerprint density at radius 1 is 1.37 bits per heavy atom. The van der Waals surface area contributed by atoms with Gasteiger partial charge in [0.2, 0.25) is 11.9 Å². The first-order valence-electron chi connectivity index (χ1n) is 6.04. The second-order valence-corrected chi connectivity index (χ2v) is 5.53. The summed E-state index contributed by atoms with van der Waals surface area (Å²) in [6, 6.07) is 3.47. The van der Waals surface area contributed by atoms with Crippen molar-refractivity contribution in [1.29, 1.82) is 0 Å². The van der Waals surface area contributed by atoms with Gasteiger partial charge in [-0.2, -0.15) is 4.98 Å². The molecule has 1 unspecified atom stereocenters. The van der Waals surface area contributed by atoms with Crippen LogP contribution in [0.25, 0.3) is 5.65 Å². The van der Waals surface area contributed by atoms with Gasteiger partial charge in [0.15, 0.2) is 5.65 Å². The minimum Gasteiger partial charge on any atom is -0.352 e. The largest absolute Gasteiger partial charge is 0.352 e. The predicted molar refractivity (Wildman–Crippen MR) is 77.1 cm³/mol. The number of nitrogens with zero attached hydrogens (tertiary/aromatic N) is 3. The van der Waals surface area contributed by atoms with Gasteiger partial charge in [-0.3, -0.25) is 4.79 Å². The number of rotatable bonds is 4. The molecule has 19 heavy (non-hydrogen) atoms. The molecular formula is C12H16BrN5O. The zero-order chi connectivity index (χ0) is 14.0. The van der Waals surface area contributed by atoms with Crippen molar-refractivity contribution in [3.05, 3.63) is 22.8 Å². The Morgan fingerprint density at radius 3 is 2.79 bits per heavy atom. The summed E-state index contributed by atoms with van der Waals surface area (Å²) >= 11 is 3.37. The van der Waals surface area contributed by atoms with Gasteiger partial charge in [-0.1, -0.05) is 0 Å². The van der Waals surface area contributed by atoms with Gasteiger partial charge in [0.05, 0.1) is 0 Å². The maximum atomic E-state index is 11.8. The molecule has 0 saturated carbocycles. The highest BCUT2D eigenvalue weighted by Crippen LogP contribution is 2.12. The molecule has 102 valence electrons. The van der Waals surface area contributed by atoms with Crippen LogP contribution in [-0.4, -0.2) is 32.6 Å². The van der Waals surface area contributed by atoms with Gasteiger partial charge >= 0.3 is 0 Å². The summed E-state index contributed by atoms with van der Waals surface area (Å²) in [5.41, 5.74) is 0.724. The summed E-state index contributed by atoms with van der Waals surface area (Å²) in [6.45, 7) is 5.62. The van der Waals surface area contributed by atoms with E-state index in [9.17, 15) is 4.79 Å². The lowest BCUT2D eigenvalue weighted by Crippen LogP contribution is -2.41. The van der Waals surface area contributed by atoms with Crippen LogP contribution in [0, 0.1) is 0 Å². The molecule has 0 radical (unpaired) electrons. The van der Waals surface area contributed by atoms with Crippen molar-refractivity contribution in [3.8, 4) is 0 Å².